The number of nitrogens with one attached hydrogen (secondary N) is 1. The molecule has 0 aliphatic carbocycles. The van der Waals surface area contributed by atoms with Gasteiger partial charge in [0.05, 0.1) is 11.1 Å². The molecule has 1 saturated heterocycles. The zero-order valence-corrected chi connectivity index (χ0v) is 14.4. The van der Waals surface area contributed by atoms with Crippen molar-refractivity contribution in [2.75, 3.05) is 18.4 Å². The summed E-state index contributed by atoms with van der Waals surface area (Å²) in [5.74, 6) is -0.997. The number of amides is 1. The van der Waals surface area contributed by atoms with Crippen molar-refractivity contribution in [3.63, 3.8) is 0 Å². The van der Waals surface area contributed by atoms with Gasteiger partial charge < -0.3 is 5.32 Å². The van der Waals surface area contributed by atoms with Crippen LogP contribution in [0.2, 0.25) is 0 Å². The van der Waals surface area contributed by atoms with E-state index in [1.165, 1.54) is 30.5 Å². The van der Waals surface area contributed by atoms with E-state index in [1.807, 2.05) is 24.4 Å². The number of halogens is 1. The Morgan fingerprint density at radius 1 is 1.12 bits per heavy atom. The minimum Gasteiger partial charge on any atom is -0.322 e. The Labute approximate surface area is 151 Å². The summed E-state index contributed by atoms with van der Waals surface area (Å²) < 4.78 is 13.7. The molecule has 1 amide bonds. The Morgan fingerprint density at radius 2 is 1.92 bits per heavy atom. The van der Waals surface area contributed by atoms with Crippen LogP contribution >= 0.6 is 0 Å². The highest BCUT2D eigenvalue weighted by atomic mass is 19.1. The van der Waals surface area contributed by atoms with Gasteiger partial charge in [-0.25, -0.2) is 4.39 Å². The number of anilines is 1. The molecular formula is C21H20FN3O. The van der Waals surface area contributed by atoms with E-state index in [1.54, 1.807) is 12.1 Å². The van der Waals surface area contributed by atoms with Crippen LogP contribution in [0.15, 0.2) is 54.7 Å². The largest absolute Gasteiger partial charge is 0.322 e. The Bertz CT molecular complexity index is 951. The standard InChI is InChI=1S/C21H20FN3O/c22-19-6-2-1-5-18(19)21(26)24-17-8-7-16-11-15(13-23-20(16)12-17)14-25-9-3-4-10-25/h1-2,5-8,11-13H,3-4,9-10,14H2,(H,24,26). The highest BCUT2D eigenvalue weighted by Gasteiger charge is 2.13. The maximum absolute atomic E-state index is 13.7. The number of likely N-dealkylation sites (tertiary alicyclic amines) is 1. The zero-order valence-electron chi connectivity index (χ0n) is 14.4. The summed E-state index contributed by atoms with van der Waals surface area (Å²) in [6, 6.07) is 13.7. The molecule has 2 aromatic carbocycles. The second-order valence-corrected chi connectivity index (χ2v) is 6.67. The van der Waals surface area contributed by atoms with E-state index < -0.39 is 11.7 Å². The van der Waals surface area contributed by atoms with Gasteiger partial charge in [0.2, 0.25) is 0 Å². The van der Waals surface area contributed by atoms with Gasteiger partial charge in [-0.15, -0.1) is 0 Å². The van der Waals surface area contributed by atoms with Crippen LogP contribution in [0.1, 0.15) is 28.8 Å². The third-order valence-electron chi connectivity index (χ3n) is 4.72. The number of hydrogen-bond donors (Lipinski definition) is 1. The first kappa shape index (κ1) is 16.7. The SMILES string of the molecule is O=C(Nc1ccc2cc(CN3CCCC3)cnc2c1)c1ccccc1F. The molecule has 5 heteroatoms. The number of hydrogen-bond acceptors (Lipinski definition) is 3. The molecule has 4 rings (SSSR count). The van der Waals surface area contributed by atoms with Gasteiger partial charge in [-0.1, -0.05) is 18.2 Å². The van der Waals surface area contributed by atoms with Crippen LogP contribution in [0, 0.1) is 5.82 Å². The number of nitrogens with zero attached hydrogens (tertiary/aromatic N) is 2. The van der Waals surface area contributed by atoms with Crippen LogP contribution in [0.25, 0.3) is 10.9 Å². The molecule has 1 fully saturated rings. The van der Waals surface area contributed by atoms with Crippen molar-refractivity contribution in [1.82, 2.24) is 9.88 Å². The summed E-state index contributed by atoms with van der Waals surface area (Å²) in [6.45, 7) is 3.23. The fourth-order valence-electron chi connectivity index (χ4n) is 3.37. The highest BCUT2D eigenvalue weighted by Crippen LogP contribution is 2.21. The molecule has 0 spiro atoms. The predicted octanol–water partition coefficient (Wildman–Crippen LogP) is 4.22. The van der Waals surface area contributed by atoms with Crippen LogP contribution in [0.4, 0.5) is 10.1 Å². The quantitative estimate of drug-likeness (QED) is 0.767. The average molecular weight is 349 g/mol. The second-order valence-electron chi connectivity index (χ2n) is 6.67. The molecule has 0 atom stereocenters. The molecule has 132 valence electrons. The molecular weight excluding hydrogens is 329 g/mol. The Kier molecular flexibility index (Phi) is 4.63. The van der Waals surface area contributed by atoms with Gasteiger partial charge >= 0.3 is 0 Å². The van der Waals surface area contributed by atoms with Crippen LogP contribution in [0.5, 0.6) is 0 Å². The van der Waals surface area contributed by atoms with Crippen molar-refractivity contribution >= 4 is 22.5 Å². The Balaban J connectivity index is 1.52. The third-order valence-corrected chi connectivity index (χ3v) is 4.72. The summed E-state index contributed by atoms with van der Waals surface area (Å²) in [5.41, 5.74) is 2.64. The normalized spacial score (nSPS) is 14.7. The molecule has 0 saturated carbocycles. The fraction of sp³-hybridized carbons (Fsp3) is 0.238. The summed E-state index contributed by atoms with van der Waals surface area (Å²) in [4.78, 5) is 19.2. The summed E-state index contributed by atoms with van der Waals surface area (Å²) in [5, 5.41) is 3.77. The number of rotatable bonds is 4. The van der Waals surface area contributed by atoms with Crippen molar-refractivity contribution in [3.8, 4) is 0 Å². The van der Waals surface area contributed by atoms with Gasteiger partial charge in [0.15, 0.2) is 0 Å². The molecule has 2 heterocycles. The number of fused-ring (bicyclic) bond motifs is 1. The molecule has 1 aromatic heterocycles. The lowest BCUT2D eigenvalue weighted by atomic mass is 10.1. The Hall–Kier alpha value is -2.79. The first-order valence-electron chi connectivity index (χ1n) is 8.86. The van der Waals surface area contributed by atoms with E-state index in [-0.39, 0.29) is 5.56 Å². The number of aromatic nitrogens is 1. The number of carbonyl (C=O) groups excluding carboxylic acids is 1. The molecule has 0 bridgehead atoms. The van der Waals surface area contributed by atoms with Crippen molar-refractivity contribution < 1.29 is 9.18 Å². The van der Waals surface area contributed by atoms with Crippen LogP contribution < -0.4 is 5.32 Å². The van der Waals surface area contributed by atoms with Crippen LogP contribution in [-0.4, -0.2) is 28.9 Å². The lowest BCUT2D eigenvalue weighted by Gasteiger charge is -2.14. The van der Waals surface area contributed by atoms with Gasteiger partial charge in [0.1, 0.15) is 5.82 Å². The fourth-order valence-corrected chi connectivity index (χ4v) is 3.37. The summed E-state index contributed by atoms with van der Waals surface area (Å²) in [6.07, 6.45) is 4.43. The van der Waals surface area contributed by atoms with E-state index in [9.17, 15) is 9.18 Å². The maximum Gasteiger partial charge on any atom is 0.258 e. The maximum atomic E-state index is 13.7. The molecule has 0 radical (unpaired) electrons. The molecule has 4 nitrogen and oxygen atoms in total. The van der Waals surface area contributed by atoms with Gasteiger partial charge in [-0.05, 0) is 61.8 Å². The molecule has 0 unspecified atom stereocenters. The van der Waals surface area contributed by atoms with E-state index in [0.29, 0.717) is 5.69 Å². The van der Waals surface area contributed by atoms with Gasteiger partial charge in [0, 0.05) is 23.8 Å². The van der Waals surface area contributed by atoms with E-state index in [0.717, 1.165) is 30.5 Å². The molecule has 1 N–H and O–H groups in total. The minimum absolute atomic E-state index is 0.0292. The summed E-state index contributed by atoms with van der Waals surface area (Å²) >= 11 is 0. The Morgan fingerprint density at radius 3 is 2.73 bits per heavy atom. The monoisotopic (exact) mass is 349 g/mol. The van der Waals surface area contributed by atoms with Crippen molar-refractivity contribution in [3.05, 3.63) is 71.7 Å². The van der Waals surface area contributed by atoms with E-state index >= 15 is 0 Å². The zero-order chi connectivity index (χ0) is 17.9. The molecule has 3 aromatic rings. The van der Waals surface area contributed by atoms with E-state index in [4.69, 9.17) is 0 Å². The number of benzene rings is 2. The number of pyridine rings is 1. The lowest BCUT2D eigenvalue weighted by molar-refractivity contribution is 0.102. The van der Waals surface area contributed by atoms with Crippen LogP contribution in [-0.2, 0) is 6.54 Å². The summed E-state index contributed by atoms with van der Waals surface area (Å²) in [7, 11) is 0. The first-order chi connectivity index (χ1) is 12.7. The first-order valence-corrected chi connectivity index (χ1v) is 8.86. The molecule has 1 aliphatic rings. The van der Waals surface area contributed by atoms with Crippen molar-refractivity contribution in [2.24, 2.45) is 0 Å². The molecule has 26 heavy (non-hydrogen) atoms. The van der Waals surface area contributed by atoms with Crippen LogP contribution in [0.3, 0.4) is 0 Å². The minimum atomic E-state index is -0.532. The third kappa shape index (κ3) is 3.58. The van der Waals surface area contributed by atoms with Gasteiger partial charge in [-0.2, -0.15) is 0 Å². The van der Waals surface area contributed by atoms with Crippen molar-refractivity contribution in [2.45, 2.75) is 19.4 Å². The van der Waals surface area contributed by atoms with Gasteiger partial charge in [0.25, 0.3) is 5.91 Å². The van der Waals surface area contributed by atoms with Crippen molar-refractivity contribution in [1.29, 1.82) is 0 Å². The van der Waals surface area contributed by atoms with E-state index in [2.05, 4.69) is 21.3 Å². The smallest absolute Gasteiger partial charge is 0.258 e. The second kappa shape index (κ2) is 7.22. The highest BCUT2D eigenvalue weighted by molar-refractivity contribution is 6.05. The molecule has 1 aliphatic heterocycles. The predicted molar refractivity (Wildman–Crippen MR) is 101 cm³/mol. The topological polar surface area (TPSA) is 45.2 Å². The van der Waals surface area contributed by atoms with Gasteiger partial charge in [-0.3, -0.25) is 14.7 Å². The lowest BCUT2D eigenvalue weighted by Crippen LogP contribution is -2.18. The average Bonchev–Trinajstić information content (AvgIpc) is 3.15. The number of carbonyl (C=O) groups is 1.